The maximum atomic E-state index is 12.0. The van der Waals surface area contributed by atoms with E-state index in [0.717, 1.165) is 11.3 Å². The highest BCUT2D eigenvalue weighted by atomic mass is 35.5. The van der Waals surface area contributed by atoms with Crippen LogP contribution in [0.4, 0.5) is 5.13 Å². The summed E-state index contributed by atoms with van der Waals surface area (Å²) < 4.78 is 1.27. The van der Waals surface area contributed by atoms with E-state index in [2.05, 4.69) is 15.4 Å². The standard InChI is InChI=1S/C15H15ClN4O2S/c1-2-11-7-13(22)20-15(17-11)23-14(19-20)18-12(8-21)9-3-5-10(16)6-4-9/h3-7,12,21H,2,8H2,1H3,(H,18,19). The van der Waals surface area contributed by atoms with Crippen molar-refractivity contribution in [2.24, 2.45) is 0 Å². The molecule has 0 aliphatic carbocycles. The summed E-state index contributed by atoms with van der Waals surface area (Å²) in [4.78, 5) is 16.9. The molecule has 23 heavy (non-hydrogen) atoms. The lowest BCUT2D eigenvalue weighted by molar-refractivity contribution is 0.276. The number of nitrogens with zero attached hydrogens (tertiary/aromatic N) is 3. The van der Waals surface area contributed by atoms with Gasteiger partial charge in [-0.2, -0.15) is 4.52 Å². The smallest absolute Gasteiger partial charge is 0.275 e. The molecule has 0 radical (unpaired) electrons. The Bertz CT molecular complexity index is 875. The van der Waals surface area contributed by atoms with Crippen molar-refractivity contribution in [2.75, 3.05) is 11.9 Å². The van der Waals surface area contributed by atoms with Crippen molar-refractivity contribution in [1.82, 2.24) is 14.6 Å². The fourth-order valence-corrected chi connectivity index (χ4v) is 3.18. The maximum absolute atomic E-state index is 12.0. The molecule has 3 aromatic rings. The Hall–Kier alpha value is -1.96. The molecule has 0 saturated heterocycles. The molecule has 2 N–H and O–H groups in total. The zero-order valence-corrected chi connectivity index (χ0v) is 13.9. The lowest BCUT2D eigenvalue weighted by Crippen LogP contribution is -2.17. The molecule has 0 spiro atoms. The minimum absolute atomic E-state index is 0.111. The number of halogens is 1. The molecule has 1 unspecified atom stereocenters. The summed E-state index contributed by atoms with van der Waals surface area (Å²) >= 11 is 7.15. The number of rotatable bonds is 5. The number of hydrogen-bond acceptors (Lipinski definition) is 6. The van der Waals surface area contributed by atoms with Crippen molar-refractivity contribution in [3.8, 4) is 0 Å². The Kier molecular flexibility index (Phi) is 4.61. The number of aryl methyl sites for hydroxylation is 1. The van der Waals surface area contributed by atoms with Crippen molar-refractivity contribution < 1.29 is 5.11 Å². The van der Waals surface area contributed by atoms with Crippen LogP contribution >= 0.6 is 22.9 Å². The predicted octanol–water partition coefficient (Wildman–Crippen LogP) is 2.51. The van der Waals surface area contributed by atoms with Crippen LogP contribution in [-0.4, -0.2) is 26.3 Å². The minimum atomic E-state index is -0.339. The van der Waals surface area contributed by atoms with Crippen LogP contribution in [0.2, 0.25) is 5.02 Å². The predicted molar refractivity (Wildman–Crippen MR) is 91.4 cm³/mol. The van der Waals surface area contributed by atoms with E-state index >= 15 is 0 Å². The fraction of sp³-hybridized carbons (Fsp3) is 0.267. The van der Waals surface area contributed by atoms with Gasteiger partial charge in [0.2, 0.25) is 10.1 Å². The van der Waals surface area contributed by atoms with Gasteiger partial charge in [0.15, 0.2) is 0 Å². The van der Waals surface area contributed by atoms with Crippen molar-refractivity contribution in [2.45, 2.75) is 19.4 Å². The van der Waals surface area contributed by atoms with Crippen LogP contribution in [0.5, 0.6) is 0 Å². The van der Waals surface area contributed by atoms with Gasteiger partial charge >= 0.3 is 0 Å². The first-order valence-electron chi connectivity index (χ1n) is 7.13. The van der Waals surface area contributed by atoms with E-state index < -0.39 is 0 Å². The molecule has 3 rings (SSSR count). The van der Waals surface area contributed by atoms with Crippen molar-refractivity contribution in [1.29, 1.82) is 0 Å². The molecular formula is C15H15ClN4O2S. The zero-order valence-electron chi connectivity index (χ0n) is 12.4. The highest BCUT2D eigenvalue weighted by Gasteiger charge is 2.14. The summed E-state index contributed by atoms with van der Waals surface area (Å²) in [7, 11) is 0. The molecule has 2 heterocycles. The van der Waals surface area contributed by atoms with E-state index in [9.17, 15) is 9.90 Å². The largest absolute Gasteiger partial charge is 0.394 e. The number of nitrogens with one attached hydrogen (secondary N) is 1. The number of benzene rings is 1. The van der Waals surface area contributed by atoms with Crippen LogP contribution in [0.1, 0.15) is 24.2 Å². The van der Waals surface area contributed by atoms with Gasteiger partial charge in [-0.3, -0.25) is 4.79 Å². The van der Waals surface area contributed by atoms with Crippen molar-refractivity contribution in [3.05, 3.63) is 57.0 Å². The third-order valence-electron chi connectivity index (χ3n) is 3.41. The minimum Gasteiger partial charge on any atom is -0.394 e. The first-order chi connectivity index (χ1) is 11.1. The van der Waals surface area contributed by atoms with Crippen molar-refractivity contribution in [3.63, 3.8) is 0 Å². The Balaban J connectivity index is 1.92. The van der Waals surface area contributed by atoms with Gasteiger partial charge in [0.05, 0.1) is 12.6 Å². The van der Waals surface area contributed by atoms with E-state index in [1.165, 1.54) is 21.9 Å². The Labute approximate surface area is 141 Å². The van der Waals surface area contributed by atoms with Crippen molar-refractivity contribution >= 4 is 33.0 Å². The second-order valence-electron chi connectivity index (χ2n) is 4.97. The first-order valence-corrected chi connectivity index (χ1v) is 8.33. The van der Waals surface area contributed by atoms with Crippen LogP contribution in [0.25, 0.3) is 4.96 Å². The van der Waals surface area contributed by atoms with E-state index in [1.807, 2.05) is 19.1 Å². The van der Waals surface area contributed by atoms with Crippen LogP contribution in [-0.2, 0) is 6.42 Å². The molecule has 0 saturated carbocycles. The summed E-state index contributed by atoms with van der Waals surface area (Å²) in [5, 5.41) is 18.1. The monoisotopic (exact) mass is 350 g/mol. The summed E-state index contributed by atoms with van der Waals surface area (Å²) in [6, 6.07) is 8.35. The normalized spacial score (nSPS) is 12.5. The molecule has 2 aromatic heterocycles. The Morgan fingerprint density at radius 3 is 2.78 bits per heavy atom. The van der Waals surface area contributed by atoms with E-state index in [1.54, 1.807) is 12.1 Å². The molecule has 1 atom stereocenters. The first kappa shape index (κ1) is 15.9. The average Bonchev–Trinajstić information content (AvgIpc) is 2.96. The average molecular weight is 351 g/mol. The molecule has 0 fully saturated rings. The topological polar surface area (TPSA) is 79.5 Å². The molecule has 1 aromatic carbocycles. The van der Waals surface area contributed by atoms with E-state index in [4.69, 9.17) is 11.6 Å². The quantitative estimate of drug-likeness (QED) is 0.739. The van der Waals surface area contributed by atoms with Crippen LogP contribution in [0, 0.1) is 0 Å². The second kappa shape index (κ2) is 6.66. The summed E-state index contributed by atoms with van der Waals surface area (Å²) in [6.45, 7) is 1.83. The SMILES string of the molecule is CCc1cc(=O)n2nc(NC(CO)c3ccc(Cl)cc3)sc2n1. The molecule has 8 heteroatoms. The lowest BCUT2D eigenvalue weighted by atomic mass is 10.1. The summed E-state index contributed by atoms with van der Waals surface area (Å²) in [5.41, 5.74) is 1.41. The van der Waals surface area contributed by atoms with E-state index in [-0.39, 0.29) is 18.2 Å². The number of anilines is 1. The van der Waals surface area contributed by atoms with Crippen LogP contribution in [0.3, 0.4) is 0 Å². The van der Waals surface area contributed by atoms with Gasteiger partial charge in [-0.1, -0.05) is 42.0 Å². The fourth-order valence-electron chi connectivity index (χ4n) is 2.17. The highest BCUT2D eigenvalue weighted by Crippen LogP contribution is 2.24. The molecular weight excluding hydrogens is 336 g/mol. The number of aliphatic hydroxyl groups excluding tert-OH is 1. The third-order valence-corrected chi connectivity index (χ3v) is 4.50. The molecule has 0 bridgehead atoms. The molecule has 0 amide bonds. The summed E-state index contributed by atoms with van der Waals surface area (Å²) in [5.74, 6) is 0. The lowest BCUT2D eigenvalue weighted by Gasteiger charge is -2.15. The number of aliphatic hydroxyl groups is 1. The van der Waals surface area contributed by atoms with Gasteiger partial charge in [0, 0.05) is 16.8 Å². The molecule has 0 aliphatic rings. The number of hydrogen-bond donors (Lipinski definition) is 2. The molecule has 120 valence electrons. The second-order valence-corrected chi connectivity index (χ2v) is 6.36. The van der Waals surface area contributed by atoms with Gasteiger partial charge in [0.1, 0.15) is 0 Å². The third kappa shape index (κ3) is 3.36. The number of aromatic nitrogens is 3. The zero-order chi connectivity index (χ0) is 16.4. The van der Waals surface area contributed by atoms with Gasteiger partial charge in [-0.25, -0.2) is 4.98 Å². The van der Waals surface area contributed by atoms with Crippen LogP contribution < -0.4 is 10.9 Å². The highest BCUT2D eigenvalue weighted by molar-refractivity contribution is 7.20. The van der Waals surface area contributed by atoms with Gasteiger partial charge in [-0.05, 0) is 24.1 Å². The molecule has 6 nitrogen and oxygen atoms in total. The van der Waals surface area contributed by atoms with E-state index in [0.29, 0.717) is 21.5 Å². The summed E-state index contributed by atoms with van der Waals surface area (Å²) in [6.07, 6.45) is 0.691. The Morgan fingerprint density at radius 2 is 2.13 bits per heavy atom. The van der Waals surface area contributed by atoms with Gasteiger partial charge < -0.3 is 10.4 Å². The molecule has 0 aliphatic heterocycles. The number of fused-ring (bicyclic) bond motifs is 1. The maximum Gasteiger partial charge on any atom is 0.275 e. The van der Waals surface area contributed by atoms with Gasteiger partial charge in [-0.15, -0.1) is 5.10 Å². The Morgan fingerprint density at radius 1 is 1.39 bits per heavy atom. The van der Waals surface area contributed by atoms with Gasteiger partial charge in [0.25, 0.3) is 5.56 Å². The van der Waals surface area contributed by atoms with Crippen LogP contribution in [0.15, 0.2) is 35.1 Å².